The van der Waals surface area contributed by atoms with Crippen LogP contribution in [0.25, 0.3) is 0 Å². The van der Waals surface area contributed by atoms with E-state index < -0.39 is 12.1 Å². The van der Waals surface area contributed by atoms with Crippen molar-refractivity contribution < 1.29 is 14.7 Å². The summed E-state index contributed by atoms with van der Waals surface area (Å²) in [5.41, 5.74) is 5.62. The lowest BCUT2D eigenvalue weighted by Crippen LogP contribution is -2.38. The molecule has 0 spiro atoms. The molecule has 0 aromatic heterocycles. The molecular formula is C17H15ClN2O3S. The van der Waals surface area contributed by atoms with Crippen molar-refractivity contribution in [1.29, 1.82) is 0 Å². The van der Waals surface area contributed by atoms with E-state index in [0.29, 0.717) is 22.1 Å². The van der Waals surface area contributed by atoms with Gasteiger partial charge in [0, 0.05) is 4.90 Å². The highest BCUT2D eigenvalue weighted by atomic mass is 35.7. The summed E-state index contributed by atoms with van der Waals surface area (Å²) < 4.78 is 5.83. The van der Waals surface area contributed by atoms with Gasteiger partial charge in [-0.25, -0.2) is 4.79 Å². The molecule has 5 nitrogen and oxygen atoms in total. The minimum atomic E-state index is -0.960. The van der Waals surface area contributed by atoms with Gasteiger partial charge in [-0.05, 0) is 65.0 Å². The zero-order chi connectivity index (χ0) is 17.5. The number of nitrogens with two attached hydrogens (primary N) is 1. The third kappa shape index (κ3) is 4.83. The number of para-hydroxylation sites is 1. The van der Waals surface area contributed by atoms with Crippen LogP contribution in [0.2, 0.25) is 0 Å². The van der Waals surface area contributed by atoms with Gasteiger partial charge in [0.1, 0.15) is 17.5 Å². The molecule has 2 amide bonds. The fourth-order valence-corrected chi connectivity index (χ4v) is 2.33. The van der Waals surface area contributed by atoms with Gasteiger partial charge in [0.25, 0.3) is 0 Å². The number of carbonyl (C=O) groups excluding carboxylic acids is 1. The first-order chi connectivity index (χ1) is 11.5. The molecule has 0 radical (unpaired) electrons. The number of primary amides is 1. The molecule has 7 heteroatoms. The minimum absolute atomic E-state index is 0.374. The molecule has 0 aliphatic rings. The SMILES string of the molecule is CC(C#Cc1ccccc1Oc1ccc(SCl)cc1)N(O)C(N)=O. The van der Waals surface area contributed by atoms with Crippen LogP contribution in [0.4, 0.5) is 4.79 Å². The van der Waals surface area contributed by atoms with Crippen LogP contribution in [-0.2, 0) is 0 Å². The van der Waals surface area contributed by atoms with Gasteiger partial charge in [0.15, 0.2) is 0 Å². The lowest BCUT2D eigenvalue weighted by atomic mass is 10.2. The monoisotopic (exact) mass is 362 g/mol. The molecule has 0 bridgehead atoms. The molecule has 2 aromatic rings. The molecule has 124 valence electrons. The lowest BCUT2D eigenvalue weighted by molar-refractivity contribution is -0.0536. The van der Waals surface area contributed by atoms with E-state index in [-0.39, 0.29) is 0 Å². The van der Waals surface area contributed by atoms with E-state index in [4.69, 9.17) is 21.2 Å². The molecule has 0 fully saturated rings. The number of hydrogen-bond donors (Lipinski definition) is 2. The fraction of sp³-hybridized carbons (Fsp3) is 0.118. The molecular weight excluding hydrogens is 348 g/mol. The largest absolute Gasteiger partial charge is 0.456 e. The van der Waals surface area contributed by atoms with Crippen molar-refractivity contribution in [1.82, 2.24) is 5.06 Å². The van der Waals surface area contributed by atoms with Gasteiger partial charge >= 0.3 is 6.03 Å². The first-order valence-corrected chi connectivity index (χ1v) is 8.60. The Morgan fingerprint density at radius 3 is 2.58 bits per heavy atom. The number of benzene rings is 2. The van der Waals surface area contributed by atoms with E-state index >= 15 is 0 Å². The molecule has 0 saturated carbocycles. The van der Waals surface area contributed by atoms with Gasteiger partial charge in [0.05, 0.1) is 5.56 Å². The smallest absolute Gasteiger partial charge is 0.339 e. The van der Waals surface area contributed by atoms with Crippen LogP contribution in [0.15, 0.2) is 53.4 Å². The number of rotatable bonds is 4. The third-order valence-electron chi connectivity index (χ3n) is 3.04. The Kier molecular flexibility index (Phi) is 6.38. The Balaban J connectivity index is 2.20. The van der Waals surface area contributed by atoms with Crippen molar-refractivity contribution >= 4 is 27.7 Å². The summed E-state index contributed by atoms with van der Waals surface area (Å²) in [7, 11) is 6.82. The molecule has 2 rings (SSSR count). The highest BCUT2D eigenvalue weighted by Crippen LogP contribution is 2.28. The van der Waals surface area contributed by atoms with Crippen molar-refractivity contribution in [2.45, 2.75) is 17.9 Å². The molecule has 0 aliphatic carbocycles. The number of amides is 2. The average Bonchev–Trinajstić information content (AvgIpc) is 2.60. The zero-order valence-electron chi connectivity index (χ0n) is 12.8. The molecule has 0 aliphatic heterocycles. The van der Waals surface area contributed by atoms with Gasteiger partial charge in [-0.3, -0.25) is 5.21 Å². The highest BCUT2D eigenvalue weighted by molar-refractivity contribution is 8.21. The lowest BCUT2D eigenvalue weighted by Gasteiger charge is -2.14. The van der Waals surface area contributed by atoms with E-state index in [1.54, 1.807) is 31.2 Å². The first-order valence-electron chi connectivity index (χ1n) is 6.96. The first kappa shape index (κ1) is 18.0. The maximum atomic E-state index is 10.9. The van der Waals surface area contributed by atoms with Crippen LogP contribution in [0, 0.1) is 11.8 Å². The Labute approximate surface area is 148 Å². The van der Waals surface area contributed by atoms with Crippen LogP contribution in [-0.4, -0.2) is 22.3 Å². The Hall–Kier alpha value is -2.33. The van der Waals surface area contributed by atoms with E-state index in [9.17, 15) is 10.0 Å². The number of hydroxylamine groups is 2. The molecule has 3 N–H and O–H groups in total. The summed E-state index contributed by atoms with van der Waals surface area (Å²) >= 11 is 0. The highest BCUT2D eigenvalue weighted by Gasteiger charge is 2.12. The van der Waals surface area contributed by atoms with Gasteiger partial charge in [-0.1, -0.05) is 24.0 Å². The molecule has 24 heavy (non-hydrogen) atoms. The van der Waals surface area contributed by atoms with Crippen LogP contribution in [0.1, 0.15) is 12.5 Å². The van der Waals surface area contributed by atoms with Crippen LogP contribution in [0.3, 0.4) is 0 Å². The fourth-order valence-electron chi connectivity index (χ4n) is 1.78. The zero-order valence-corrected chi connectivity index (χ0v) is 14.3. The summed E-state index contributed by atoms with van der Waals surface area (Å²) in [6, 6.07) is 12.8. The number of nitrogens with zero attached hydrogens (tertiary/aromatic N) is 1. The van der Waals surface area contributed by atoms with Crippen molar-refractivity contribution in [3.63, 3.8) is 0 Å². The standard InChI is InChI=1S/C17H15ClN2O3S/c1-12(20(22)17(19)21)6-7-13-4-2-3-5-16(13)23-14-8-10-15(24-18)11-9-14/h2-5,8-12,22H,1H3,(H2,19,21). The van der Waals surface area contributed by atoms with Crippen LogP contribution >= 0.6 is 21.7 Å². The predicted molar refractivity (Wildman–Crippen MR) is 94.2 cm³/mol. The van der Waals surface area contributed by atoms with E-state index in [0.717, 1.165) is 15.9 Å². The van der Waals surface area contributed by atoms with Crippen molar-refractivity contribution in [2.24, 2.45) is 5.73 Å². The molecule has 2 aromatic carbocycles. The third-order valence-corrected chi connectivity index (χ3v) is 4.02. The summed E-state index contributed by atoms with van der Waals surface area (Å²) in [5, 5.41) is 9.81. The Morgan fingerprint density at radius 2 is 1.96 bits per heavy atom. The summed E-state index contributed by atoms with van der Waals surface area (Å²) in [6.45, 7) is 1.56. The van der Waals surface area contributed by atoms with Gasteiger partial charge in [0.2, 0.25) is 0 Å². The van der Waals surface area contributed by atoms with Crippen molar-refractivity contribution in [2.75, 3.05) is 0 Å². The number of halogens is 1. The average molecular weight is 363 g/mol. The van der Waals surface area contributed by atoms with Crippen molar-refractivity contribution in [3.8, 4) is 23.3 Å². The second-order valence-corrected chi connectivity index (χ2v) is 5.86. The number of hydrogen-bond acceptors (Lipinski definition) is 4. The summed E-state index contributed by atoms with van der Waals surface area (Å²) in [5.74, 6) is 6.84. The van der Waals surface area contributed by atoms with Gasteiger partial charge < -0.3 is 10.5 Å². The molecule has 1 unspecified atom stereocenters. The second-order valence-electron chi connectivity index (χ2n) is 4.77. The topological polar surface area (TPSA) is 75.8 Å². The van der Waals surface area contributed by atoms with Crippen LogP contribution < -0.4 is 10.5 Å². The maximum Gasteiger partial charge on any atom is 0.339 e. The number of ether oxygens (including phenoxy) is 1. The van der Waals surface area contributed by atoms with Crippen molar-refractivity contribution in [3.05, 3.63) is 54.1 Å². The quantitative estimate of drug-likeness (QED) is 0.484. The molecule has 0 saturated heterocycles. The normalized spacial score (nSPS) is 11.1. The van der Waals surface area contributed by atoms with E-state index in [2.05, 4.69) is 11.8 Å². The summed E-state index contributed by atoms with van der Waals surface area (Å²) in [6.07, 6.45) is 0. The summed E-state index contributed by atoms with van der Waals surface area (Å²) in [4.78, 5) is 11.8. The number of urea groups is 1. The molecule has 1 atom stereocenters. The Morgan fingerprint density at radius 1 is 1.29 bits per heavy atom. The van der Waals surface area contributed by atoms with Gasteiger partial charge in [-0.2, -0.15) is 5.06 Å². The minimum Gasteiger partial charge on any atom is -0.456 e. The van der Waals surface area contributed by atoms with E-state index in [1.807, 2.05) is 24.3 Å². The number of carbonyl (C=O) groups is 1. The predicted octanol–water partition coefficient (Wildman–Crippen LogP) is 4.23. The maximum absolute atomic E-state index is 10.9. The Bertz CT molecular complexity index is 771. The van der Waals surface area contributed by atoms with E-state index in [1.165, 1.54) is 0 Å². The molecule has 0 heterocycles. The van der Waals surface area contributed by atoms with Crippen LogP contribution in [0.5, 0.6) is 11.5 Å². The second kappa shape index (κ2) is 8.50. The van der Waals surface area contributed by atoms with Gasteiger partial charge in [-0.15, -0.1) is 0 Å².